The number of carboxylic acids is 1. The summed E-state index contributed by atoms with van der Waals surface area (Å²) in [4.78, 5) is 22.1. The third-order valence-corrected chi connectivity index (χ3v) is 2.18. The van der Waals surface area contributed by atoms with E-state index in [1.807, 2.05) is 0 Å². The Morgan fingerprint density at radius 2 is 2.00 bits per heavy atom. The van der Waals surface area contributed by atoms with Gasteiger partial charge in [-0.2, -0.15) is 0 Å². The van der Waals surface area contributed by atoms with Crippen molar-refractivity contribution >= 4 is 11.8 Å². The molecule has 16 heavy (non-hydrogen) atoms. The van der Waals surface area contributed by atoms with Crippen LogP contribution in [0.2, 0.25) is 0 Å². The van der Waals surface area contributed by atoms with Gasteiger partial charge in [-0.15, -0.1) is 0 Å². The molecule has 1 N–H and O–H groups in total. The fourth-order valence-corrected chi connectivity index (χ4v) is 1.32. The van der Waals surface area contributed by atoms with Gasteiger partial charge in [0.1, 0.15) is 5.75 Å². The molecule has 86 valence electrons. The van der Waals surface area contributed by atoms with Crippen molar-refractivity contribution in [3.63, 3.8) is 0 Å². The van der Waals surface area contributed by atoms with Crippen LogP contribution in [0.4, 0.5) is 0 Å². The number of aliphatic carboxylic acids is 1. The fourth-order valence-electron chi connectivity index (χ4n) is 1.32. The van der Waals surface area contributed by atoms with Crippen molar-refractivity contribution in [2.45, 2.75) is 26.4 Å². The Labute approximate surface area is 93.9 Å². The molecule has 0 heterocycles. The molecule has 0 spiro atoms. The zero-order valence-electron chi connectivity index (χ0n) is 9.27. The Bertz CT molecular complexity index is 398. The highest BCUT2D eigenvalue weighted by Gasteiger charge is 2.19. The van der Waals surface area contributed by atoms with Crippen LogP contribution in [0, 0.1) is 0 Å². The molecule has 1 unspecified atom stereocenters. The molecule has 4 heteroatoms. The van der Waals surface area contributed by atoms with Gasteiger partial charge in [-0.1, -0.05) is 19.1 Å². The molecule has 1 atom stereocenters. The van der Waals surface area contributed by atoms with E-state index >= 15 is 0 Å². The lowest BCUT2D eigenvalue weighted by atomic mass is 10.1. The molecule has 4 nitrogen and oxygen atoms in total. The first-order valence-electron chi connectivity index (χ1n) is 5.05. The molecule has 0 amide bonds. The first-order valence-corrected chi connectivity index (χ1v) is 5.05. The van der Waals surface area contributed by atoms with Crippen LogP contribution < -0.4 is 4.74 Å². The van der Waals surface area contributed by atoms with Crippen LogP contribution in [-0.4, -0.2) is 23.0 Å². The van der Waals surface area contributed by atoms with E-state index in [4.69, 9.17) is 9.84 Å². The number of carboxylic acid groups (broad SMARTS) is 1. The average Bonchev–Trinajstić information content (AvgIpc) is 2.25. The third-order valence-electron chi connectivity index (χ3n) is 2.18. The van der Waals surface area contributed by atoms with Crippen LogP contribution in [0.5, 0.6) is 5.75 Å². The Morgan fingerprint density at radius 3 is 2.50 bits per heavy atom. The Hall–Kier alpha value is -1.84. The normalized spacial score (nSPS) is 11.9. The van der Waals surface area contributed by atoms with E-state index in [2.05, 4.69) is 0 Å². The number of Topliss-reactive ketones (excluding diaryl/α,β-unsaturated/α-hetero) is 1. The summed E-state index contributed by atoms with van der Waals surface area (Å²) >= 11 is 0. The number of carbonyl (C=O) groups excluding carboxylic acids is 1. The quantitative estimate of drug-likeness (QED) is 0.775. The topological polar surface area (TPSA) is 63.6 Å². The van der Waals surface area contributed by atoms with Crippen molar-refractivity contribution in [2.75, 3.05) is 0 Å². The van der Waals surface area contributed by atoms with E-state index in [9.17, 15) is 9.59 Å². The van der Waals surface area contributed by atoms with Crippen LogP contribution >= 0.6 is 0 Å². The minimum atomic E-state index is -1.03. The van der Waals surface area contributed by atoms with Crippen molar-refractivity contribution in [3.05, 3.63) is 29.8 Å². The number of benzene rings is 1. The summed E-state index contributed by atoms with van der Waals surface area (Å²) in [5.74, 6) is -0.846. The molecule has 0 saturated carbocycles. The molecule has 0 aliphatic carbocycles. The highest BCUT2D eigenvalue weighted by atomic mass is 16.5. The SMILES string of the molecule is CCC(Oc1ccccc1C(C)=O)C(=O)O. The third kappa shape index (κ3) is 2.82. The maximum Gasteiger partial charge on any atom is 0.344 e. The summed E-state index contributed by atoms with van der Waals surface area (Å²) in [6.07, 6.45) is -0.567. The number of ketones is 1. The number of hydrogen-bond donors (Lipinski definition) is 1. The molecule has 0 aliphatic heterocycles. The second-order valence-corrected chi connectivity index (χ2v) is 3.41. The van der Waals surface area contributed by atoms with Gasteiger partial charge in [0.05, 0.1) is 5.56 Å². The minimum Gasteiger partial charge on any atom is -0.479 e. The molecular weight excluding hydrogens is 208 g/mol. The fraction of sp³-hybridized carbons (Fsp3) is 0.333. The molecule has 1 aromatic rings. The number of ether oxygens (including phenoxy) is 1. The van der Waals surface area contributed by atoms with Crippen LogP contribution in [0.1, 0.15) is 30.6 Å². The van der Waals surface area contributed by atoms with Gasteiger partial charge in [-0.05, 0) is 25.5 Å². The largest absolute Gasteiger partial charge is 0.479 e. The molecule has 0 saturated heterocycles. The lowest BCUT2D eigenvalue weighted by Gasteiger charge is -2.15. The van der Waals surface area contributed by atoms with Crippen LogP contribution in [0.15, 0.2) is 24.3 Å². The van der Waals surface area contributed by atoms with Gasteiger partial charge in [0.15, 0.2) is 11.9 Å². The predicted molar refractivity (Wildman–Crippen MR) is 58.8 cm³/mol. The predicted octanol–water partition coefficient (Wildman–Crippen LogP) is 2.13. The zero-order chi connectivity index (χ0) is 12.1. The Balaban J connectivity index is 2.95. The van der Waals surface area contributed by atoms with Crippen molar-refractivity contribution < 1.29 is 19.4 Å². The lowest BCUT2D eigenvalue weighted by molar-refractivity contribution is -0.145. The van der Waals surface area contributed by atoms with Gasteiger partial charge in [0.2, 0.25) is 0 Å². The molecule has 0 aliphatic rings. The van der Waals surface area contributed by atoms with Crippen molar-refractivity contribution in [2.24, 2.45) is 0 Å². The summed E-state index contributed by atoms with van der Waals surface area (Å²) in [5, 5.41) is 8.85. The second-order valence-electron chi connectivity index (χ2n) is 3.41. The number of hydrogen-bond acceptors (Lipinski definition) is 3. The smallest absolute Gasteiger partial charge is 0.344 e. The number of para-hydroxylation sites is 1. The summed E-state index contributed by atoms with van der Waals surface area (Å²) in [5.41, 5.74) is 0.405. The van der Waals surface area contributed by atoms with E-state index in [1.54, 1.807) is 31.2 Å². The van der Waals surface area contributed by atoms with Crippen LogP contribution in [-0.2, 0) is 4.79 Å². The van der Waals surface area contributed by atoms with Crippen LogP contribution in [0.25, 0.3) is 0 Å². The van der Waals surface area contributed by atoms with Crippen molar-refractivity contribution in [3.8, 4) is 5.75 Å². The van der Waals surface area contributed by atoms with Crippen molar-refractivity contribution in [1.82, 2.24) is 0 Å². The van der Waals surface area contributed by atoms with Gasteiger partial charge >= 0.3 is 5.97 Å². The number of rotatable bonds is 5. The summed E-state index contributed by atoms with van der Waals surface area (Å²) < 4.78 is 5.30. The van der Waals surface area contributed by atoms with E-state index in [1.165, 1.54) is 6.92 Å². The van der Waals surface area contributed by atoms with E-state index in [-0.39, 0.29) is 5.78 Å². The highest BCUT2D eigenvalue weighted by molar-refractivity contribution is 5.96. The minimum absolute atomic E-state index is 0.143. The summed E-state index contributed by atoms with van der Waals surface area (Å²) in [6, 6.07) is 6.64. The first kappa shape index (κ1) is 12.2. The molecular formula is C12H14O4. The van der Waals surface area contributed by atoms with Gasteiger partial charge in [-0.3, -0.25) is 4.79 Å². The van der Waals surface area contributed by atoms with E-state index in [0.717, 1.165) is 0 Å². The number of carbonyl (C=O) groups is 2. The van der Waals surface area contributed by atoms with Gasteiger partial charge in [-0.25, -0.2) is 4.79 Å². The molecule has 1 rings (SSSR count). The zero-order valence-corrected chi connectivity index (χ0v) is 9.27. The van der Waals surface area contributed by atoms with Crippen LogP contribution in [0.3, 0.4) is 0 Å². The van der Waals surface area contributed by atoms with Gasteiger partial charge in [0.25, 0.3) is 0 Å². The Kier molecular flexibility index (Phi) is 4.05. The first-order chi connectivity index (χ1) is 7.56. The molecule has 0 fully saturated rings. The van der Waals surface area contributed by atoms with E-state index < -0.39 is 12.1 Å². The molecule has 1 aromatic carbocycles. The summed E-state index contributed by atoms with van der Waals surface area (Å²) in [7, 11) is 0. The Morgan fingerprint density at radius 1 is 1.38 bits per heavy atom. The lowest BCUT2D eigenvalue weighted by Crippen LogP contribution is -2.26. The maximum absolute atomic E-state index is 11.3. The summed E-state index contributed by atoms with van der Waals surface area (Å²) in [6.45, 7) is 3.14. The molecule has 0 radical (unpaired) electrons. The van der Waals surface area contributed by atoms with Gasteiger partial charge < -0.3 is 9.84 Å². The average molecular weight is 222 g/mol. The molecule has 0 aromatic heterocycles. The van der Waals surface area contributed by atoms with Gasteiger partial charge in [0, 0.05) is 0 Å². The highest BCUT2D eigenvalue weighted by Crippen LogP contribution is 2.20. The molecule has 0 bridgehead atoms. The monoisotopic (exact) mass is 222 g/mol. The van der Waals surface area contributed by atoms with Crippen molar-refractivity contribution in [1.29, 1.82) is 0 Å². The maximum atomic E-state index is 11.3. The van der Waals surface area contributed by atoms with E-state index in [0.29, 0.717) is 17.7 Å². The standard InChI is InChI=1S/C12H14O4/c1-3-10(12(14)15)16-11-7-5-4-6-9(11)8(2)13/h4-7,10H,3H2,1-2H3,(H,14,15). The second kappa shape index (κ2) is 5.30.